The molecular weight excluding hydrogens is 146 g/mol. The molecule has 0 radical (unpaired) electrons. The Bertz CT molecular complexity index is 324. The molecule has 1 nitrogen and oxygen atoms in total. The second kappa shape index (κ2) is 3.26. The number of hydrogen-bond donors (Lipinski definition) is 1. The number of para-hydroxylation sites is 1. The number of allylic oxidation sites excluding steroid dienone is 2. The van der Waals surface area contributed by atoms with Crippen molar-refractivity contribution in [3.63, 3.8) is 0 Å². The number of nitrogen functional groups attached to an aromatic ring is 1. The van der Waals surface area contributed by atoms with Gasteiger partial charge >= 0.3 is 0 Å². The largest absolute Gasteiger partial charge is 0.398 e. The summed E-state index contributed by atoms with van der Waals surface area (Å²) in [5.41, 5.74) is 9.57. The molecule has 0 heterocycles. The van der Waals surface area contributed by atoms with E-state index in [0.717, 1.165) is 22.4 Å². The quantitative estimate of drug-likeness (QED) is 0.521. The first-order valence-electron chi connectivity index (χ1n) is 3.83. The lowest BCUT2D eigenvalue weighted by atomic mass is 10.0. The van der Waals surface area contributed by atoms with E-state index in [0.29, 0.717) is 0 Å². The Labute approximate surface area is 73.2 Å². The molecule has 0 aromatic heterocycles. The fourth-order valence-electron chi connectivity index (χ4n) is 1.07. The molecule has 0 aliphatic rings. The average molecular weight is 159 g/mol. The Morgan fingerprint density at radius 3 is 2.75 bits per heavy atom. The van der Waals surface area contributed by atoms with Gasteiger partial charge in [-0.25, -0.2) is 0 Å². The molecule has 0 amide bonds. The molecule has 0 aliphatic carbocycles. The molecule has 0 bridgehead atoms. The van der Waals surface area contributed by atoms with Gasteiger partial charge in [0.2, 0.25) is 0 Å². The third kappa shape index (κ3) is 1.40. The second-order valence-electron chi connectivity index (χ2n) is 2.77. The van der Waals surface area contributed by atoms with Crippen LogP contribution in [0, 0.1) is 6.92 Å². The molecule has 0 atom stereocenters. The minimum Gasteiger partial charge on any atom is -0.398 e. The Morgan fingerprint density at radius 2 is 2.17 bits per heavy atom. The monoisotopic (exact) mass is 159 g/mol. The van der Waals surface area contributed by atoms with Crippen LogP contribution in [0.15, 0.2) is 37.4 Å². The summed E-state index contributed by atoms with van der Waals surface area (Å²) in [5.74, 6) is 0. The minimum absolute atomic E-state index is 0.794. The van der Waals surface area contributed by atoms with Crippen molar-refractivity contribution in [3.05, 3.63) is 48.6 Å². The smallest absolute Gasteiger partial charge is 0.0423 e. The number of rotatable bonds is 2. The molecule has 12 heavy (non-hydrogen) atoms. The van der Waals surface area contributed by atoms with Crippen LogP contribution in [-0.2, 0) is 0 Å². The van der Waals surface area contributed by atoms with Gasteiger partial charge < -0.3 is 5.73 Å². The topological polar surface area (TPSA) is 26.0 Å². The van der Waals surface area contributed by atoms with Crippen molar-refractivity contribution in [1.82, 2.24) is 0 Å². The normalized spacial score (nSPS) is 9.42. The van der Waals surface area contributed by atoms with Crippen LogP contribution in [-0.4, -0.2) is 0 Å². The van der Waals surface area contributed by atoms with E-state index >= 15 is 0 Å². The van der Waals surface area contributed by atoms with E-state index in [1.807, 2.05) is 25.1 Å². The highest BCUT2D eigenvalue weighted by Crippen LogP contribution is 2.23. The molecule has 1 rings (SSSR count). The molecule has 62 valence electrons. The third-order valence-corrected chi connectivity index (χ3v) is 1.92. The summed E-state index contributed by atoms with van der Waals surface area (Å²) in [6.07, 6.45) is 1.71. The van der Waals surface area contributed by atoms with Gasteiger partial charge in [-0.05, 0) is 18.1 Å². The van der Waals surface area contributed by atoms with E-state index in [9.17, 15) is 0 Å². The SMILES string of the molecule is C=CC(=C)c1cccc(C)c1N. The zero-order valence-electron chi connectivity index (χ0n) is 7.30. The summed E-state index contributed by atoms with van der Waals surface area (Å²) in [4.78, 5) is 0. The van der Waals surface area contributed by atoms with Crippen molar-refractivity contribution in [3.8, 4) is 0 Å². The summed E-state index contributed by atoms with van der Waals surface area (Å²) in [7, 11) is 0. The zero-order chi connectivity index (χ0) is 9.14. The van der Waals surface area contributed by atoms with Crippen molar-refractivity contribution >= 4 is 11.3 Å². The fourth-order valence-corrected chi connectivity index (χ4v) is 1.07. The standard InChI is InChI=1S/C11H13N/c1-4-8(2)10-7-5-6-9(3)11(10)12/h4-7H,1-2,12H2,3H3. The number of hydrogen-bond acceptors (Lipinski definition) is 1. The first-order valence-corrected chi connectivity index (χ1v) is 3.83. The molecule has 0 aliphatic heterocycles. The maximum atomic E-state index is 5.85. The van der Waals surface area contributed by atoms with E-state index < -0.39 is 0 Å². The summed E-state index contributed by atoms with van der Waals surface area (Å²) in [6.45, 7) is 9.48. The highest BCUT2D eigenvalue weighted by atomic mass is 14.6. The van der Waals surface area contributed by atoms with E-state index in [1.165, 1.54) is 0 Å². The number of nitrogens with two attached hydrogens (primary N) is 1. The van der Waals surface area contributed by atoms with Crippen LogP contribution in [0.3, 0.4) is 0 Å². The van der Waals surface area contributed by atoms with Gasteiger partial charge in [0.1, 0.15) is 0 Å². The second-order valence-corrected chi connectivity index (χ2v) is 2.77. The number of aryl methyl sites for hydroxylation is 1. The highest BCUT2D eigenvalue weighted by Gasteiger charge is 2.01. The summed E-state index contributed by atoms with van der Waals surface area (Å²) >= 11 is 0. The minimum atomic E-state index is 0.794. The van der Waals surface area contributed by atoms with Gasteiger partial charge in [0.15, 0.2) is 0 Å². The molecule has 0 saturated heterocycles. The molecule has 1 aromatic rings. The van der Waals surface area contributed by atoms with Crippen LogP contribution in [0.2, 0.25) is 0 Å². The summed E-state index contributed by atoms with van der Waals surface area (Å²) < 4.78 is 0. The van der Waals surface area contributed by atoms with Crippen molar-refractivity contribution in [2.75, 3.05) is 5.73 Å². The van der Waals surface area contributed by atoms with Gasteiger partial charge in [0, 0.05) is 11.3 Å². The lowest BCUT2D eigenvalue weighted by Crippen LogP contribution is -1.94. The molecular formula is C11H13N. The Kier molecular flexibility index (Phi) is 2.34. The van der Waals surface area contributed by atoms with Crippen LogP contribution in [0.4, 0.5) is 5.69 Å². The maximum absolute atomic E-state index is 5.85. The van der Waals surface area contributed by atoms with Crippen LogP contribution < -0.4 is 5.73 Å². The van der Waals surface area contributed by atoms with Gasteiger partial charge in [-0.2, -0.15) is 0 Å². The van der Waals surface area contributed by atoms with E-state index in [1.54, 1.807) is 6.08 Å². The highest BCUT2D eigenvalue weighted by molar-refractivity contribution is 5.80. The lowest BCUT2D eigenvalue weighted by Gasteiger charge is -2.07. The van der Waals surface area contributed by atoms with Gasteiger partial charge in [-0.1, -0.05) is 37.4 Å². The molecule has 0 saturated carbocycles. The lowest BCUT2D eigenvalue weighted by molar-refractivity contribution is 1.45. The summed E-state index contributed by atoms with van der Waals surface area (Å²) in [6, 6.07) is 5.90. The molecule has 0 unspecified atom stereocenters. The molecule has 0 spiro atoms. The van der Waals surface area contributed by atoms with E-state index in [-0.39, 0.29) is 0 Å². The molecule has 1 aromatic carbocycles. The number of anilines is 1. The van der Waals surface area contributed by atoms with Gasteiger partial charge in [-0.3, -0.25) is 0 Å². The predicted octanol–water partition coefficient (Wildman–Crippen LogP) is 2.78. The number of benzene rings is 1. The van der Waals surface area contributed by atoms with Crippen LogP contribution in [0.1, 0.15) is 11.1 Å². The zero-order valence-corrected chi connectivity index (χ0v) is 7.30. The molecule has 1 heteroatoms. The molecule has 0 fully saturated rings. The Balaban J connectivity index is 3.25. The molecule has 2 N–H and O–H groups in total. The maximum Gasteiger partial charge on any atom is 0.0423 e. The van der Waals surface area contributed by atoms with Crippen molar-refractivity contribution in [2.24, 2.45) is 0 Å². The fraction of sp³-hybridized carbons (Fsp3) is 0.0909. The van der Waals surface area contributed by atoms with Gasteiger partial charge in [0.25, 0.3) is 0 Å². The Hall–Kier alpha value is -1.50. The van der Waals surface area contributed by atoms with Gasteiger partial charge in [-0.15, -0.1) is 0 Å². The third-order valence-electron chi connectivity index (χ3n) is 1.92. The van der Waals surface area contributed by atoms with Crippen LogP contribution in [0.25, 0.3) is 5.57 Å². The van der Waals surface area contributed by atoms with E-state index in [4.69, 9.17) is 5.73 Å². The first-order chi connectivity index (χ1) is 5.66. The van der Waals surface area contributed by atoms with Crippen LogP contribution >= 0.6 is 0 Å². The van der Waals surface area contributed by atoms with E-state index in [2.05, 4.69) is 13.2 Å². The van der Waals surface area contributed by atoms with Crippen molar-refractivity contribution < 1.29 is 0 Å². The predicted molar refractivity (Wildman–Crippen MR) is 54.8 cm³/mol. The average Bonchev–Trinajstić information content (AvgIpc) is 2.08. The van der Waals surface area contributed by atoms with Crippen molar-refractivity contribution in [2.45, 2.75) is 6.92 Å². The first kappa shape index (κ1) is 8.60. The van der Waals surface area contributed by atoms with Gasteiger partial charge in [0.05, 0.1) is 0 Å². The van der Waals surface area contributed by atoms with Crippen LogP contribution in [0.5, 0.6) is 0 Å². The summed E-state index contributed by atoms with van der Waals surface area (Å²) in [5, 5.41) is 0. The van der Waals surface area contributed by atoms with Crippen molar-refractivity contribution in [1.29, 1.82) is 0 Å². The Morgan fingerprint density at radius 1 is 1.50 bits per heavy atom.